The number of hydrogen-bond acceptors (Lipinski definition) is 3. The van der Waals surface area contributed by atoms with E-state index in [1.165, 1.54) is 18.4 Å². The number of aromatic nitrogens is 2. The van der Waals surface area contributed by atoms with Gasteiger partial charge < -0.3 is 4.90 Å². The number of carbonyl (C=O) groups is 1. The highest BCUT2D eigenvalue weighted by Gasteiger charge is 2.36. The maximum Gasteiger partial charge on any atom is 0.222 e. The predicted molar refractivity (Wildman–Crippen MR) is 101 cm³/mol. The van der Waals surface area contributed by atoms with E-state index in [9.17, 15) is 4.79 Å². The number of benzene rings is 1. The first-order chi connectivity index (χ1) is 12.7. The quantitative estimate of drug-likeness (QED) is 0.830. The van der Waals surface area contributed by atoms with E-state index in [4.69, 9.17) is 0 Å². The van der Waals surface area contributed by atoms with Crippen molar-refractivity contribution in [1.82, 2.24) is 19.6 Å². The van der Waals surface area contributed by atoms with Crippen molar-refractivity contribution < 1.29 is 4.79 Å². The lowest BCUT2D eigenvalue weighted by Gasteiger charge is -2.36. The molecule has 3 aliphatic rings. The Balaban J connectivity index is 1.37. The summed E-state index contributed by atoms with van der Waals surface area (Å²) in [5, 5.41) is 4.19. The molecule has 5 rings (SSSR count). The zero-order valence-corrected chi connectivity index (χ0v) is 15.6. The molecule has 0 unspecified atom stereocenters. The predicted octanol–water partition coefficient (Wildman–Crippen LogP) is 2.48. The minimum Gasteiger partial charge on any atom is -0.341 e. The Morgan fingerprint density at radius 2 is 1.96 bits per heavy atom. The van der Waals surface area contributed by atoms with Gasteiger partial charge >= 0.3 is 0 Å². The monoisotopic (exact) mass is 352 g/mol. The molecule has 3 saturated heterocycles. The Bertz CT molecular complexity index is 741. The van der Waals surface area contributed by atoms with Gasteiger partial charge in [-0.2, -0.15) is 5.10 Å². The Hall–Kier alpha value is -2.14. The lowest BCUT2D eigenvalue weighted by molar-refractivity contribution is -0.131. The van der Waals surface area contributed by atoms with Crippen molar-refractivity contribution in [3.05, 3.63) is 53.9 Å². The van der Waals surface area contributed by atoms with Crippen LogP contribution < -0.4 is 0 Å². The van der Waals surface area contributed by atoms with Crippen molar-refractivity contribution in [3.63, 3.8) is 0 Å². The van der Waals surface area contributed by atoms with Crippen molar-refractivity contribution in [1.29, 1.82) is 0 Å². The number of aryl methyl sites for hydroxylation is 2. The first-order valence-electron chi connectivity index (χ1n) is 9.70. The third-order valence-corrected chi connectivity index (χ3v) is 5.79. The second-order valence-electron chi connectivity index (χ2n) is 7.83. The summed E-state index contributed by atoms with van der Waals surface area (Å²) < 4.78 is 1.80. The fraction of sp³-hybridized carbons (Fsp3) is 0.524. The molecule has 3 fully saturated rings. The molecule has 0 radical (unpaired) electrons. The zero-order valence-electron chi connectivity index (χ0n) is 15.6. The third-order valence-electron chi connectivity index (χ3n) is 5.79. The van der Waals surface area contributed by atoms with Gasteiger partial charge in [-0.3, -0.25) is 14.4 Å². The highest BCUT2D eigenvalue weighted by Crippen LogP contribution is 2.29. The summed E-state index contributed by atoms with van der Waals surface area (Å²) in [5.74, 6) is 0.909. The molecule has 0 N–H and O–H groups in total. The maximum atomic E-state index is 12.8. The molecule has 2 bridgehead atoms. The zero-order chi connectivity index (χ0) is 17.9. The van der Waals surface area contributed by atoms with Gasteiger partial charge in [0.15, 0.2) is 0 Å². The Kier molecular flexibility index (Phi) is 5.07. The summed E-state index contributed by atoms with van der Waals surface area (Å²) in [6.07, 6.45) is 7.70. The number of carbonyl (C=O) groups excluding carboxylic acids is 1. The molecule has 0 saturated carbocycles. The molecule has 2 atom stereocenters. The van der Waals surface area contributed by atoms with E-state index in [0.29, 0.717) is 24.3 Å². The average molecular weight is 352 g/mol. The van der Waals surface area contributed by atoms with Crippen LogP contribution in [0.3, 0.4) is 0 Å². The molecule has 3 aliphatic heterocycles. The van der Waals surface area contributed by atoms with Gasteiger partial charge in [-0.15, -0.1) is 0 Å². The largest absolute Gasteiger partial charge is 0.341 e. The smallest absolute Gasteiger partial charge is 0.222 e. The molecule has 0 spiro atoms. The van der Waals surface area contributed by atoms with Gasteiger partial charge in [0.05, 0.1) is 6.20 Å². The summed E-state index contributed by atoms with van der Waals surface area (Å²) in [5.41, 5.74) is 2.51. The Morgan fingerprint density at radius 3 is 2.73 bits per heavy atom. The molecule has 1 amide bonds. The van der Waals surface area contributed by atoms with Crippen LogP contribution in [0, 0.1) is 5.92 Å². The summed E-state index contributed by atoms with van der Waals surface area (Å²) in [6.45, 7) is 3.93. The van der Waals surface area contributed by atoms with E-state index in [1.54, 1.807) is 4.68 Å². The van der Waals surface area contributed by atoms with Gasteiger partial charge in [0, 0.05) is 51.9 Å². The highest BCUT2D eigenvalue weighted by atomic mass is 16.2. The minimum absolute atomic E-state index is 0.298. The first kappa shape index (κ1) is 17.3. The van der Waals surface area contributed by atoms with Gasteiger partial charge in [-0.05, 0) is 36.3 Å². The summed E-state index contributed by atoms with van der Waals surface area (Å²) >= 11 is 0. The summed E-state index contributed by atoms with van der Waals surface area (Å²) in [4.78, 5) is 17.5. The second-order valence-corrected chi connectivity index (χ2v) is 7.83. The fourth-order valence-electron chi connectivity index (χ4n) is 4.40. The lowest BCUT2D eigenvalue weighted by atomic mass is 9.94. The molecule has 4 heterocycles. The lowest BCUT2D eigenvalue weighted by Crippen LogP contribution is -2.43. The molecule has 26 heavy (non-hydrogen) atoms. The van der Waals surface area contributed by atoms with Crippen LogP contribution in [0.15, 0.2) is 42.7 Å². The van der Waals surface area contributed by atoms with Crippen LogP contribution in [0.4, 0.5) is 0 Å². The third kappa shape index (κ3) is 3.98. The van der Waals surface area contributed by atoms with Gasteiger partial charge in [0.2, 0.25) is 5.91 Å². The van der Waals surface area contributed by atoms with E-state index in [2.05, 4.69) is 45.2 Å². The highest BCUT2D eigenvalue weighted by molar-refractivity contribution is 5.76. The topological polar surface area (TPSA) is 41.4 Å². The molecule has 5 heteroatoms. The normalized spacial score (nSPS) is 23.2. The molecular formula is C21H28N4O. The SMILES string of the molecule is Cn1cc(CCC(=O)N2C[C@@H]3CC[C@H](C2)N(Cc2ccccc2)C3)cn1. The van der Waals surface area contributed by atoms with Crippen molar-refractivity contribution in [2.75, 3.05) is 19.6 Å². The Labute approximate surface area is 155 Å². The second kappa shape index (κ2) is 7.62. The Morgan fingerprint density at radius 1 is 1.12 bits per heavy atom. The number of nitrogens with zero attached hydrogens (tertiary/aromatic N) is 4. The van der Waals surface area contributed by atoms with Crippen molar-refractivity contribution in [2.24, 2.45) is 13.0 Å². The van der Waals surface area contributed by atoms with Crippen LogP contribution >= 0.6 is 0 Å². The van der Waals surface area contributed by atoms with E-state index >= 15 is 0 Å². The van der Waals surface area contributed by atoms with E-state index in [1.807, 2.05) is 19.4 Å². The van der Waals surface area contributed by atoms with Crippen LogP contribution in [0.2, 0.25) is 0 Å². The van der Waals surface area contributed by atoms with Gasteiger partial charge in [0.25, 0.3) is 0 Å². The maximum absolute atomic E-state index is 12.8. The molecular weight excluding hydrogens is 324 g/mol. The van der Waals surface area contributed by atoms with E-state index in [0.717, 1.165) is 38.2 Å². The van der Waals surface area contributed by atoms with Gasteiger partial charge in [-0.1, -0.05) is 30.3 Å². The van der Waals surface area contributed by atoms with Crippen molar-refractivity contribution in [3.8, 4) is 0 Å². The standard InChI is InChI=1S/C21H28N4O/c1-23-12-18(11-22-23)8-10-21(26)25-15-19-7-9-20(16-25)24(14-19)13-17-5-3-2-4-6-17/h2-6,11-12,19-20H,7-10,13-16H2,1H3/t19-,20-/m1/s1. The number of fused-ring (bicyclic) bond motifs is 4. The number of hydrogen-bond donors (Lipinski definition) is 0. The van der Waals surface area contributed by atoms with E-state index < -0.39 is 0 Å². The number of amides is 1. The summed E-state index contributed by atoms with van der Waals surface area (Å²) in [7, 11) is 1.92. The molecule has 5 nitrogen and oxygen atoms in total. The number of piperidine rings is 1. The van der Waals surface area contributed by atoms with Gasteiger partial charge in [-0.25, -0.2) is 0 Å². The van der Waals surface area contributed by atoms with Crippen LogP contribution in [-0.2, 0) is 24.8 Å². The minimum atomic E-state index is 0.298. The molecule has 138 valence electrons. The van der Waals surface area contributed by atoms with E-state index in [-0.39, 0.29) is 0 Å². The van der Waals surface area contributed by atoms with Crippen molar-refractivity contribution >= 4 is 5.91 Å². The van der Waals surface area contributed by atoms with Gasteiger partial charge in [0.1, 0.15) is 0 Å². The first-order valence-corrected chi connectivity index (χ1v) is 9.70. The molecule has 1 aromatic carbocycles. The molecule has 1 aromatic heterocycles. The number of rotatable bonds is 5. The van der Waals surface area contributed by atoms with Crippen LogP contribution in [-0.4, -0.2) is 51.2 Å². The fourth-order valence-corrected chi connectivity index (χ4v) is 4.40. The molecule has 2 aromatic rings. The molecule has 0 aliphatic carbocycles. The summed E-state index contributed by atoms with van der Waals surface area (Å²) in [6, 6.07) is 11.2. The average Bonchev–Trinajstić information content (AvgIpc) is 2.87. The van der Waals surface area contributed by atoms with Crippen molar-refractivity contribution in [2.45, 2.75) is 38.3 Å². The van der Waals surface area contributed by atoms with Crippen LogP contribution in [0.25, 0.3) is 0 Å². The van der Waals surface area contributed by atoms with Crippen LogP contribution in [0.5, 0.6) is 0 Å². The van der Waals surface area contributed by atoms with Crippen LogP contribution in [0.1, 0.15) is 30.4 Å².